The summed E-state index contributed by atoms with van der Waals surface area (Å²) in [4.78, 5) is 38.5. The van der Waals surface area contributed by atoms with E-state index < -0.39 is 11.6 Å². The molecule has 2 unspecified atom stereocenters. The average molecular weight is 431 g/mol. The van der Waals surface area contributed by atoms with Gasteiger partial charge in [0, 0.05) is 31.5 Å². The maximum atomic E-state index is 12.9. The molecule has 31 heavy (non-hydrogen) atoms. The molecule has 0 spiro atoms. The van der Waals surface area contributed by atoms with Crippen molar-refractivity contribution in [3.8, 4) is 0 Å². The third kappa shape index (κ3) is 3.41. The number of likely N-dealkylation sites (N-methyl/N-ethyl adjacent to an activating group) is 1. The molecule has 3 saturated carbocycles. The number of amides is 2. The second-order valence-electron chi connectivity index (χ2n) is 11.4. The zero-order chi connectivity index (χ0) is 22.8. The molecule has 7 atom stereocenters. The predicted octanol–water partition coefficient (Wildman–Crippen LogP) is 3.45. The molecular formula is C25H38N2O4. The van der Waals surface area contributed by atoms with Crippen LogP contribution in [0.5, 0.6) is 0 Å². The molecule has 0 aromatic rings. The van der Waals surface area contributed by atoms with E-state index in [2.05, 4.69) is 25.2 Å². The number of carbonyl (C=O) groups excluding carboxylic acids is 3. The minimum atomic E-state index is -1.16. The van der Waals surface area contributed by atoms with Gasteiger partial charge < -0.3 is 15.0 Å². The maximum absolute atomic E-state index is 12.9. The molecule has 0 aromatic carbocycles. The molecule has 4 rings (SSSR count). The van der Waals surface area contributed by atoms with Crippen LogP contribution >= 0.6 is 0 Å². The van der Waals surface area contributed by atoms with Crippen molar-refractivity contribution in [3.05, 3.63) is 12.2 Å². The Balaban J connectivity index is 1.53. The summed E-state index contributed by atoms with van der Waals surface area (Å²) in [5, 5.41) is 3.26. The standard InChI is InChI=1S/C25H38N2O4/c1-15(28)31-23(2,3)22(30)26-19-9-8-17-16-7-10-20-25(5,14-12-21(29)27(20)6)18(16)11-13-24(17,19)4/h12,14,16-20H,7-11,13H2,1-6H3,(H,26,30)/t16-,17-,18+,19?,20?,24-,25+/m0/s1. The smallest absolute Gasteiger partial charge is 0.303 e. The van der Waals surface area contributed by atoms with E-state index in [1.165, 1.54) is 6.92 Å². The van der Waals surface area contributed by atoms with Gasteiger partial charge in [-0.2, -0.15) is 0 Å². The molecular weight excluding hydrogens is 392 g/mol. The van der Waals surface area contributed by atoms with E-state index in [1.807, 2.05) is 11.9 Å². The largest absolute Gasteiger partial charge is 0.450 e. The fourth-order valence-electron chi connectivity index (χ4n) is 7.71. The van der Waals surface area contributed by atoms with Gasteiger partial charge in [-0.15, -0.1) is 0 Å². The highest BCUT2D eigenvalue weighted by molar-refractivity contribution is 5.89. The second-order valence-corrected chi connectivity index (χ2v) is 11.4. The molecule has 0 bridgehead atoms. The molecule has 6 nitrogen and oxygen atoms in total. The lowest BCUT2D eigenvalue weighted by molar-refractivity contribution is -0.164. The molecule has 0 aromatic heterocycles. The topological polar surface area (TPSA) is 75.7 Å². The molecule has 0 radical (unpaired) electrons. The monoisotopic (exact) mass is 430 g/mol. The highest BCUT2D eigenvalue weighted by Crippen LogP contribution is 2.63. The van der Waals surface area contributed by atoms with Gasteiger partial charge in [0.2, 0.25) is 5.91 Å². The highest BCUT2D eigenvalue weighted by Gasteiger charge is 2.60. The fourth-order valence-corrected chi connectivity index (χ4v) is 7.71. The van der Waals surface area contributed by atoms with Crippen molar-refractivity contribution in [2.75, 3.05) is 7.05 Å². The van der Waals surface area contributed by atoms with Gasteiger partial charge in [-0.25, -0.2) is 0 Å². The molecule has 3 aliphatic carbocycles. The summed E-state index contributed by atoms with van der Waals surface area (Å²) in [6.45, 7) is 9.36. The van der Waals surface area contributed by atoms with Crippen LogP contribution in [0.3, 0.4) is 0 Å². The van der Waals surface area contributed by atoms with E-state index >= 15 is 0 Å². The Morgan fingerprint density at radius 3 is 2.52 bits per heavy atom. The van der Waals surface area contributed by atoms with E-state index in [0.29, 0.717) is 17.8 Å². The van der Waals surface area contributed by atoms with Crippen LogP contribution in [0.2, 0.25) is 0 Å². The summed E-state index contributed by atoms with van der Waals surface area (Å²) in [6, 6.07) is 0.398. The molecule has 6 heteroatoms. The lowest BCUT2D eigenvalue weighted by Crippen LogP contribution is -2.61. The molecule has 4 aliphatic rings. The van der Waals surface area contributed by atoms with Crippen molar-refractivity contribution in [2.24, 2.45) is 28.6 Å². The summed E-state index contributed by atoms with van der Waals surface area (Å²) in [7, 11) is 1.95. The molecule has 0 saturated heterocycles. The minimum Gasteiger partial charge on any atom is -0.450 e. The van der Waals surface area contributed by atoms with Crippen LogP contribution in [-0.2, 0) is 19.1 Å². The Morgan fingerprint density at radius 1 is 1.13 bits per heavy atom. The number of carbonyl (C=O) groups is 3. The van der Waals surface area contributed by atoms with Gasteiger partial charge in [-0.1, -0.05) is 19.9 Å². The second kappa shape index (κ2) is 7.35. The molecule has 3 fully saturated rings. The van der Waals surface area contributed by atoms with Gasteiger partial charge >= 0.3 is 5.97 Å². The normalized spacial score (nSPS) is 41.8. The Hall–Kier alpha value is -1.85. The summed E-state index contributed by atoms with van der Waals surface area (Å²) < 4.78 is 5.27. The van der Waals surface area contributed by atoms with Crippen molar-refractivity contribution in [2.45, 2.75) is 90.8 Å². The first-order valence-corrected chi connectivity index (χ1v) is 11.9. The van der Waals surface area contributed by atoms with Crippen molar-refractivity contribution < 1.29 is 19.1 Å². The predicted molar refractivity (Wildman–Crippen MR) is 118 cm³/mol. The van der Waals surface area contributed by atoms with Gasteiger partial charge in [-0.05, 0) is 81.6 Å². The number of ether oxygens (including phenoxy) is 1. The molecule has 2 amide bonds. The first kappa shape index (κ1) is 22.3. The number of esters is 1. The van der Waals surface area contributed by atoms with Gasteiger partial charge in [0.1, 0.15) is 0 Å². The molecule has 172 valence electrons. The van der Waals surface area contributed by atoms with Crippen LogP contribution in [0.25, 0.3) is 0 Å². The highest BCUT2D eigenvalue weighted by atomic mass is 16.6. The quantitative estimate of drug-likeness (QED) is 0.696. The van der Waals surface area contributed by atoms with Gasteiger partial charge in [0.05, 0.1) is 0 Å². The zero-order valence-electron chi connectivity index (χ0n) is 19.9. The number of nitrogens with one attached hydrogen (secondary N) is 1. The van der Waals surface area contributed by atoms with E-state index in [-0.39, 0.29) is 34.7 Å². The summed E-state index contributed by atoms with van der Waals surface area (Å²) in [6.07, 6.45) is 10.5. The van der Waals surface area contributed by atoms with Crippen molar-refractivity contribution in [3.63, 3.8) is 0 Å². The zero-order valence-corrected chi connectivity index (χ0v) is 19.9. The van der Waals surface area contributed by atoms with E-state index in [1.54, 1.807) is 19.9 Å². The summed E-state index contributed by atoms with van der Waals surface area (Å²) in [5.74, 6) is 1.24. The molecule has 1 N–H and O–H groups in total. The maximum Gasteiger partial charge on any atom is 0.303 e. The van der Waals surface area contributed by atoms with Crippen LogP contribution in [-0.4, -0.2) is 47.4 Å². The van der Waals surface area contributed by atoms with E-state index in [9.17, 15) is 14.4 Å². The van der Waals surface area contributed by atoms with Gasteiger partial charge in [0.25, 0.3) is 5.91 Å². The lowest BCUT2D eigenvalue weighted by Gasteiger charge is -2.60. The summed E-state index contributed by atoms with van der Waals surface area (Å²) >= 11 is 0. The Morgan fingerprint density at radius 2 is 1.84 bits per heavy atom. The number of fused-ring (bicyclic) bond motifs is 5. The fraction of sp³-hybridized carbons (Fsp3) is 0.800. The third-order valence-corrected chi connectivity index (χ3v) is 9.38. The lowest BCUT2D eigenvalue weighted by atomic mass is 9.48. The Kier molecular flexibility index (Phi) is 5.30. The van der Waals surface area contributed by atoms with Crippen molar-refractivity contribution >= 4 is 17.8 Å². The van der Waals surface area contributed by atoms with Gasteiger partial charge in [0.15, 0.2) is 5.60 Å². The Labute approximate surface area is 186 Å². The first-order chi connectivity index (χ1) is 14.4. The van der Waals surface area contributed by atoms with E-state index in [0.717, 1.165) is 38.5 Å². The average Bonchev–Trinajstić information content (AvgIpc) is 3.00. The van der Waals surface area contributed by atoms with Crippen LogP contribution in [0.15, 0.2) is 12.2 Å². The molecule has 1 heterocycles. The van der Waals surface area contributed by atoms with E-state index in [4.69, 9.17) is 4.74 Å². The van der Waals surface area contributed by atoms with Crippen molar-refractivity contribution in [1.82, 2.24) is 10.2 Å². The number of hydrogen-bond acceptors (Lipinski definition) is 4. The van der Waals surface area contributed by atoms with Crippen LogP contribution in [0.1, 0.15) is 73.1 Å². The summed E-state index contributed by atoms with van der Waals surface area (Å²) in [5.41, 5.74) is -1.06. The molecule has 1 aliphatic heterocycles. The number of nitrogens with zero attached hydrogens (tertiary/aromatic N) is 1. The number of hydrogen-bond donors (Lipinski definition) is 1. The number of rotatable bonds is 3. The SMILES string of the molecule is CC(=O)OC(C)(C)C(=O)NC1CC[C@H]2[C@@H]3CCC4N(C)C(=O)C=C[C@]4(C)[C@@H]3CC[C@]12C. The van der Waals surface area contributed by atoms with Crippen LogP contribution in [0.4, 0.5) is 0 Å². The third-order valence-electron chi connectivity index (χ3n) is 9.38. The Bertz CT molecular complexity index is 820. The van der Waals surface area contributed by atoms with Crippen molar-refractivity contribution in [1.29, 1.82) is 0 Å². The van der Waals surface area contributed by atoms with Gasteiger partial charge in [-0.3, -0.25) is 14.4 Å². The van der Waals surface area contributed by atoms with Crippen LogP contribution in [0, 0.1) is 28.6 Å². The minimum absolute atomic E-state index is 0.0333. The first-order valence-electron chi connectivity index (χ1n) is 11.9. The van der Waals surface area contributed by atoms with Crippen LogP contribution < -0.4 is 5.32 Å².